The van der Waals surface area contributed by atoms with Crippen LogP contribution in [0.5, 0.6) is 0 Å². The number of carbonyl (C=O) groups is 1. The molecule has 0 aliphatic rings. The number of benzene rings is 4. The number of rotatable bonds is 9. The molecular weight excluding hydrogens is 854 g/mol. The van der Waals surface area contributed by atoms with Gasteiger partial charge in [-0.3, -0.25) is 9.78 Å². The normalized spacial score (nSPS) is 12.1. The van der Waals surface area contributed by atoms with Crippen molar-refractivity contribution < 1.29 is 34.4 Å². The van der Waals surface area contributed by atoms with Crippen molar-refractivity contribution in [1.82, 2.24) is 4.98 Å². The fourth-order valence-electron chi connectivity index (χ4n) is 7.48. The number of allylic oxidation sites excluding steroid dienone is 2. The molecule has 0 saturated heterocycles. The molecule has 0 atom stereocenters. The fourth-order valence-corrected chi connectivity index (χ4v) is 8.72. The van der Waals surface area contributed by atoms with Gasteiger partial charge in [0.2, 0.25) is 0 Å². The van der Waals surface area contributed by atoms with Crippen LogP contribution in [-0.2, 0) is 30.3 Å². The molecule has 6 heteroatoms. The van der Waals surface area contributed by atoms with Gasteiger partial charge in [-0.1, -0.05) is 107 Å². The Morgan fingerprint density at radius 3 is 2.06 bits per heavy atom. The van der Waals surface area contributed by atoms with Gasteiger partial charge in [0.15, 0.2) is 5.78 Å². The van der Waals surface area contributed by atoms with Crippen molar-refractivity contribution in [2.75, 3.05) is 0 Å². The number of nitrogens with zero attached hydrogens (tertiary/aromatic N) is 1. The van der Waals surface area contributed by atoms with Crippen molar-refractivity contribution in [1.29, 1.82) is 0 Å². The summed E-state index contributed by atoms with van der Waals surface area (Å²) in [6.45, 7) is 21.0. The smallest absolute Gasteiger partial charge is 0.162 e. The topological polar surface area (TPSA) is 50.2 Å². The van der Waals surface area contributed by atoms with Crippen LogP contribution in [0.15, 0.2) is 78.7 Å². The predicted molar refractivity (Wildman–Crippen MR) is 221 cm³/mol. The summed E-state index contributed by atoms with van der Waals surface area (Å²) in [5, 5.41) is 14.0. The molecule has 0 bridgehead atoms. The monoisotopic (exact) mass is 907 g/mol. The van der Waals surface area contributed by atoms with Crippen molar-refractivity contribution >= 4 is 48.1 Å². The summed E-state index contributed by atoms with van der Waals surface area (Å²) in [7, 11) is 0. The molecule has 0 spiro atoms. The van der Waals surface area contributed by atoms with Crippen molar-refractivity contribution in [2.45, 2.75) is 100 Å². The van der Waals surface area contributed by atoms with Crippen LogP contribution in [0.3, 0.4) is 0 Å². The Morgan fingerprint density at radius 2 is 1.45 bits per heavy atom. The quantitative estimate of drug-likeness (QED) is 0.0893. The van der Waals surface area contributed by atoms with Crippen LogP contribution >= 0.6 is 11.3 Å². The first-order valence-electron chi connectivity index (χ1n) is 18.7. The molecular formula is C47H53FIrNO2S-. The second-order valence-corrected chi connectivity index (χ2v) is 16.1. The SMILES string of the molecule is CCC(CC)C(=O)/C=C(\O)C(CC)CC.Cc1cc(C)c(-c2ccc3c(sc4c(-c5[c-]c6ccccc6c(C(C)(C)C)c5)nccc43)c2F)c(C)c1.[Ir]. The molecule has 0 amide bonds. The molecule has 0 aliphatic carbocycles. The first-order valence-corrected chi connectivity index (χ1v) is 19.5. The standard InChI is InChI=1S/C34H29FNS.C13H24O2.Ir/c1-19-15-20(2)29(21(3)16-19)27-12-11-25-26-13-14-36-31(33(26)37-32(25)30(27)35)23-17-22-9-7-8-10-24(22)28(18-23)34(4,5)6;1-5-10(6-2)12(14)9-13(15)11(7-3)8-4;/h7-16,18H,1-6H3;9-11,14H,5-8H2,1-4H3;/q-1;;/b;12-9-;. The third-order valence-electron chi connectivity index (χ3n) is 10.4. The summed E-state index contributed by atoms with van der Waals surface area (Å²) in [6, 6.07) is 24.5. The van der Waals surface area contributed by atoms with E-state index >= 15 is 4.39 Å². The average Bonchev–Trinajstić information content (AvgIpc) is 3.49. The number of carbonyl (C=O) groups excluding carboxylic acids is 1. The molecule has 53 heavy (non-hydrogen) atoms. The number of aliphatic hydroxyl groups excluding tert-OH is 1. The van der Waals surface area contributed by atoms with Crippen molar-refractivity contribution in [3.05, 3.63) is 113 Å². The molecule has 6 rings (SSSR count). The predicted octanol–water partition coefficient (Wildman–Crippen LogP) is 14.0. The van der Waals surface area contributed by atoms with Crippen molar-refractivity contribution in [3.8, 4) is 22.4 Å². The first-order chi connectivity index (χ1) is 24.7. The van der Waals surface area contributed by atoms with Crippen LogP contribution in [0.2, 0.25) is 0 Å². The number of hydrogen-bond acceptors (Lipinski definition) is 4. The summed E-state index contributed by atoms with van der Waals surface area (Å²) in [6.07, 6.45) is 6.74. The zero-order valence-corrected chi connectivity index (χ0v) is 36.0. The Hall–Kier alpha value is -3.70. The average molecular weight is 907 g/mol. The van der Waals surface area contributed by atoms with Crippen LogP contribution in [-0.4, -0.2) is 15.9 Å². The van der Waals surface area contributed by atoms with Crippen LogP contribution in [0.25, 0.3) is 53.3 Å². The Bertz CT molecular complexity index is 2250. The zero-order valence-electron chi connectivity index (χ0n) is 32.8. The number of aliphatic hydroxyl groups is 1. The number of halogens is 1. The summed E-state index contributed by atoms with van der Waals surface area (Å²) in [5.74, 6) is 0.392. The maximum atomic E-state index is 16.2. The Morgan fingerprint density at radius 1 is 0.849 bits per heavy atom. The maximum absolute atomic E-state index is 16.2. The van der Waals surface area contributed by atoms with Gasteiger partial charge in [0, 0.05) is 65.6 Å². The van der Waals surface area contributed by atoms with Crippen LogP contribution < -0.4 is 0 Å². The minimum Gasteiger partial charge on any atom is -0.512 e. The number of pyridine rings is 1. The van der Waals surface area contributed by atoms with Crippen LogP contribution in [0.1, 0.15) is 96.4 Å². The third kappa shape index (κ3) is 8.83. The minimum absolute atomic E-state index is 0. The van der Waals surface area contributed by atoms with E-state index in [1.54, 1.807) is 0 Å². The van der Waals surface area contributed by atoms with Gasteiger partial charge >= 0.3 is 0 Å². The number of thiophene rings is 1. The minimum atomic E-state index is -0.155. The van der Waals surface area contributed by atoms with Gasteiger partial charge in [-0.2, -0.15) is 0 Å². The van der Waals surface area contributed by atoms with E-state index in [4.69, 9.17) is 4.98 Å². The van der Waals surface area contributed by atoms with Gasteiger partial charge in [-0.05, 0) is 80.0 Å². The van der Waals surface area contributed by atoms with Gasteiger partial charge < -0.3 is 5.11 Å². The molecule has 6 aromatic rings. The number of hydrogen-bond donors (Lipinski definition) is 1. The van der Waals surface area contributed by atoms with E-state index in [-0.39, 0.29) is 54.7 Å². The molecule has 2 heterocycles. The Kier molecular flexibility index (Phi) is 14.0. The van der Waals surface area contributed by atoms with E-state index in [0.717, 1.165) is 74.5 Å². The van der Waals surface area contributed by atoms with Crippen LogP contribution in [0.4, 0.5) is 4.39 Å². The number of aromatic nitrogens is 1. The molecule has 1 radical (unpaired) electrons. The molecule has 3 nitrogen and oxygen atoms in total. The van der Waals surface area contributed by atoms with E-state index in [1.165, 1.54) is 33.9 Å². The second kappa shape index (κ2) is 17.6. The number of aryl methyl sites for hydroxylation is 3. The van der Waals surface area contributed by atoms with E-state index < -0.39 is 0 Å². The number of ketones is 1. The maximum Gasteiger partial charge on any atom is 0.162 e. The molecule has 281 valence electrons. The molecule has 0 aliphatic heterocycles. The molecule has 1 N–H and O–H groups in total. The second-order valence-electron chi connectivity index (χ2n) is 15.1. The molecule has 0 unspecified atom stereocenters. The summed E-state index contributed by atoms with van der Waals surface area (Å²) in [4.78, 5) is 16.5. The van der Waals surface area contributed by atoms with E-state index in [2.05, 4.69) is 96.1 Å². The molecule has 4 aromatic carbocycles. The van der Waals surface area contributed by atoms with Crippen molar-refractivity contribution in [3.63, 3.8) is 0 Å². The van der Waals surface area contributed by atoms with Crippen molar-refractivity contribution in [2.24, 2.45) is 11.8 Å². The van der Waals surface area contributed by atoms with Gasteiger partial charge in [-0.15, -0.1) is 40.5 Å². The molecule has 0 saturated carbocycles. The summed E-state index contributed by atoms with van der Waals surface area (Å²) < 4.78 is 17.9. The number of fused-ring (bicyclic) bond motifs is 4. The van der Waals surface area contributed by atoms with Gasteiger partial charge in [-0.25, -0.2) is 4.39 Å². The van der Waals surface area contributed by atoms with E-state index in [0.29, 0.717) is 10.3 Å². The summed E-state index contributed by atoms with van der Waals surface area (Å²) in [5.41, 5.74) is 8.07. The Balaban J connectivity index is 0.000000335. The molecule has 0 fully saturated rings. The van der Waals surface area contributed by atoms with Gasteiger partial charge in [0.1, 0.15) is 5.82 Å². The van der Waals surface area contributed by atoms with Gasteiger partial charge in [0.05, 0.1) is 10.5 Å². The van der Waals surface area contributed by atoms with Crippen LogP contribution in [0, 0.1) is 44.5 Å². The van der Waals surface area contributed by atoms with E-state index in [1.807, 2.05) is 46.0 Å². The zero-order chi connectivity index (χ0) is 37.9. The fraction of sp³-hybridized carbons (Fsp3) is 0.362. The Labute approximate surface area is 333 Å². The summed E-state index contributed by atoms with van der Waals surface area (Å²) >= 11 is 1.49. The van der Waals surface area contributed by atoms with Gasteiger partial charge in [0.25, 0.3) is 0 Å². The van der Waals surface area contributed by atoms with E-state index in [9.17, 15) is 9.90 Å². The molecule has 2 aromatic heterocycles. The third-order valence-corrected chi connectivity index (χ3v) is 11.6. The largest absolute Gasteiger partial charge is 0.512 e. The first kappa shape index (κ1) is 42.0.